The van der Waals surface area contributed by atoms with Crippen molar-refractivity contribution in [3.63, 3.8) is 0 Å². The maximum atomic E-state index is 11.8. The lowest BCUT2D eigenvalue weighted by Crippen LogP contribution is -2.49. The largest absolute Gasteiger partial charge is 0.481 e. The second-order valence-corrected chi connectivity index (χ2v) is 7.56. The lowest BCUT2D eigenvalue weighted by atomic mass is 9.57. The van der Waals surface area contributed by atoms with Crippen LogP contribution in [0, 0.1) is 23.2 Å². The lowest BCUT2D eigenvalue weighted by Gasteiger charge is -2.48. The van der Waals surface area contributed by atoms with E-state index in [0.29, 0.717) is 18.3 Å². The summed E-state index contributed by atoms with van der Waals surface area (Å²) in [6.45, 7) is 2.05. The maximum absolute atomic E-state index is 11.8. The maximum Gasteiger partial charge on any atom is 0.307 e. The smallest absolute Gasteiger partial charge is 0.307 e. The molecule has 0 aliphatic heterocycles. The third-order valence-corrected chi connectivity index (χ3v) is 6.56. The lowest BCUT2D eigenvalue weighted by molar-refractivity contribution is -0.153. The average Bonchev–Trinajstić information content (AvgIpc) is 2.85. The first-order valence-corrected chi connectivity index (χ1v) is 8.62. The van der Waals surface area contributed by atoms with Crippen LogP contribution in [-0.4, -0.2) is 22.3 Å². The van der Waals surface area contributed by atoms with Crippen LogP contribution in [0.2, 0.25) is 0 Å². The average molecular weight is 292 g/mol. The summed E-state index contributed by atoms with van der Waals surface area (Å²) in [6, 6.07) is 0. The molecule has 2 N–H and O–H groups in total. The Morgan fingerprint density at radius 2 is 1.90 bits per heavy atom. The van der Waals surface area contributed by atoms with Gasteiger partial charge in [-0.1, -0.05) is 43.8 Å². The third-order valence-electron chi connectivity index (χ3n) is 6.56. The fourth-order valence-corrected chi connectivity index (χ4v) is 5.54. The molecule has 2 saturated carbocycles. The first-order chi connectivity index (χ1) is 10.1. The summed E-state index contributed by atoms with van der Waals surface area (Å²) >= 11 is 0. The van der Waals surface area contributed by atoms with E-state index in [0.717, 1.165) is 19.3 Å². The Labute approximate surface area is 127 Å². The number of aliphatic hydroxyl groups excluding tert-OH is 1. The zero-order valence-corrected chi connectivity index (χ0v) is 13.1. The van der Waals surface area contributed by atoms with Crippen LogP contribution < -0.4 is 0 Å². The molecule has 0 radical (unpaired) electrons. The third kappa shape index (κ3) is 2.44. The Kier molecular flexibility index (Phi) is 4.13. The predicted molar refractivity (Wildman–Crippen MR) is 81.9 cm³/mol. The molecule has 1 spiro atoms. The number of hydrogen-bond acceptors (Lipinski definition) is 2. The number of carboxylic acids is 1. The minimum atomic E-state index is -0.694. The predicted octanol–water partition coefficient (Wildman–Crippen LogP) is 3.76. The van der Waals surface area contributed by atoms with Crippen LogP contribution in [0.15, 0.2) is 11.6 Å². The van der Waals surface area contributed by atoms with Gasteiger partial charge in [-0.25, -0.2) is 0 Å². The molecule has 0 aromatic carbocycles. The summed E-state index contributed by atoms with van der Waals surface area (Å²) < 4.78 is 0. The molecule has 3 aliphatic carbocycles. The molecule has 0 aromatic heterocycles. The first-order valence-electron chi connectivity index (χ1n) is 8.62. The van der Waals surface area contributed by atoms with Crippen molar-refractivity contribution in [3.8, 4) is 0 Å². The molecule has 0 unspecified atom stereocenters. The van der Waals surface area contributed by atoms with Crippen molar-refractivity contribution in [2.45, 2.75) is 70.8 Å². The zero-order valence-electron chi connectivity index (χ0n) is 13.1. The molecule has 4 atom stereocenters. The van der Waals surface area contributed by atoms with Crippen molar-refractivity contribution in [1.29, 1.82) is 0 Å². The van der Waals surface area contributed by atoms with Crippen LogP contribution in [0.3, 0.4) is 0 Å². The van der Waals surface area contributed by atoms with Gasteiger partial charge in [-0.15, -0.1) is 0 Å². The van der Waals surface area contributed by atoms with E-state index in [9.17, 15) is 15.0 Å². The minimum absolute atomic E-state index is 0.358. The molecule has 0 bridgehead atoms. The monoisotopic (exact) mass is 292 g/mol. The van der Waals surface area contributed by atoms with Crippen LogP contribution in [0.25, 0.3) is 0 Å². The van der Waals surface area contributed by atoms with E-state index in [1.165, 1.54) is 37.7 Å². The Bertz CT molecular complexity index is 436. The van der Waals surface area contributed by atoms with Gasteiger partial charge in [0.25, 0.3) is 0 Å². The van der Waals surface area contributed by atoms with E-state index in [2.05, 4.69) is 13.0 Å². The topological polar surface area (TPSA) is 57.5 Å². The highest BCUT2D eigenvalue weighted by Crippen LogP contribution is 2.59. The summed E-state index contributed by atoms with van der Waals surface area (Å²) in [5, 5.41) is 20.5. The Morgan fingerprint density at radius 3 is 2.52 bits per heavy atom. The molecule has 0 aromatic rings. The number of hydrogen-bond donors (Lipinski definition) is 2. The quantitative estimate of drug-likeness (QED) is 0.762. The van der Waals surface area contributed by atoms with Crippen molar-refractivity contribution >= 4 is 5.97 Å². The summed E-state index contributed by atoms with van der Waals surface area (Å²) in [6.07, 6.45) is 11.2. The van der Waals surface area contributed by atoms with Crippen LogP contribution in [-0.2, 0) is 4.79 Å². The fraction of sp³-hybridized carbons (Fsp3) is 0.833. The van der Waals surface area contributed by atoms with Crippen LogP contribution >= 0.6 is 0 Å². The van der Waals surface area contributed by atoms with Crippen LogP contribution in [0.4, 0.5) is 0 Å². The highest BCUT2D eigenvalue weighted by Gasteiger charge is 2.59. The number of aliphatic hydroxyl groups is 1. The number of carboxylic acid groups (broad SMARTS) is 1. The zero-order chi connectivity index (χ0) is 15.0. The van der Waals surface area contributed by atoms with Crippen LogP contribution in [0.5, 0.6) is 0 Å². The molecule has 3 heteroatoms. The molecule has 118 valence electrons. The van der Waals surface area contributed by atoms with E-state index >= 15 is 0 Å². The van der Waals surface area contributed by atoms with Gasteiger partial charge >= 0.3 is 5.97 Å². The standard InChI is InChI=1S/C18H28O3/c1-12-9-10-18(16(19)11-12)14(7-8-15(18)17(20)21)13-5-3-2-4-6-13/h9,13-16,19H,2-8,10-11H2,1H3,(H,20,21)/t14-,15+,16+,18-/m0/s1. The number of aliphatic carboxylic acids is 1. The fourth-order valence-electron chi connectivity index (χ4n) is 5.54. The van der Waals surface area contributed by atoms with Gasteiger partial charge in [0.2, 0.25) is 0 Å². The van der Waals surface area contributed by atoms with E-state index in [-0.39, 0.29) is 5.92 Å². The van der Waals surface area contributed by atoms with E-state index < -0.39 is 17.5 Å². The number of allylic oxidation sites excluding steroid dienone is 1. The van der Waals surface area contributed by atoms with Crippen molar-refractivity contribution in [2.75, 3.05) is 0 Å². The molecule has 0 saturated heterocycles. The van der Waals surface area contributed by atoms with Gasteiger partial charge in [0, 0.05) is 5.41 Å². The van der Waals surface area contributed by atoms with Crippen molar-refractivity contribution in [3.05, 3.63) is 11.6 Å². The molecule has 0 heterocycles. The normalized spacial score (nSPS) is 41.2. The SMILES string of the molecule is CC1=CC[C@@]2([C@H](O)C1)[C@@H](C(=O)O)CC[C@H]2C1CCCCC1. The molecule has 3 aliphatic rings. The molecule has 3 rings (SSSR count). The van der Waals surface area contributed by atoms with E-state index in [1.807, 2.05) is 0 Å². The molecule has 0 amide bonds. The van der Waals surface area contributed by atoms with E-state index in [4.69, 9.17) is 0 Å². The van der Waals surface area contributed by atoms with Gasteiger partial charge in [-0.2, -0.15) is 0 Å². The highest BCUT2D eigenvalue weighted by molar-refractivity contribution is 5.72. The van der Waals surface area contributed by atoms with Gasteiger partial charge in [0.15, 0.2) is 0 Å². The highest BCUT2D eigenvalue weighted by atomic mass is 16.4. The van der Waals surface area contributed by atoms with Gasteiger partial charge in [0.05, 0.1) is 12.0 Å². The van der Waals surface area contributed by atoms with Gasteiger partial charge < -0.3 is 10.2 Å². The Hall–Kier alpha value is -0.830. The molecule has 2 fully saturated rings. The van der Waals surface area contributed by atoms with Crippen LogP contribution in [0.1, 0.15) is 64.7 Å². The van der Waals surface area contributed by atoms with Gasteiger partial charge in [-0.3, -0.25) is 4.79 Å². The minimum Gasteiger partial charge on any atom is -0.481 e. The molecular formula is C18H28O3. The van der Waals surface area contributed by atoms with E-state index in [1.54, 1.807) is 0 Å². The summed E-state index contributed by atoms with van der Waals surface area (Å²) in [5.41, 5.74) is 0.819. The Morgan fingerprint density at radius 1 is 1.19 bits per heavy atom. The van der Waals surface area contributed by atoms with Crippen molar-refractivity contribution < 1.29 is 15.0 Å². The second kappa shape index (κ2) is 5.75. The first kappa shape index (κ1) is 15.1. The van der Waals surface area contributed by atoms with Crippen molar-refractivity contribution in [2.24, 2.45) is 23.2 Å². The summed E-state index contributed by atoms with van der Waals surface area (Å²) in [5.74, 6) is -0.0214. The van der Waals surface area contributed by atoms with Gasteiger partial charge in [0.1, 0.15) is 0 Å². The number of carbonyl (C=O) groups is 1. The summed E-state index contributed by atoms with van der Waals surface area (Å²) in [4.78, 5) is 11.8. The molecule has 3 nitrogen and oxygen atoms in total. The second-order valence-electron chi connectivity index (χ2n) is 7.56. The summed E-state index contributed by atoms with van der Waals surface area (Å²) in [7, 11) is 0. The number of rotatable bonds is 2. The van der Waals surface area contributed by atoms with Gasteiger partial charge in [-0.05, 0) is 44.4 Å². The van der Waals surface area contributed by atoms with Crippen molar-refractivity contribution in [1.82, 2.24) is 0 Å². The molecular weight excluding hydrogens is 264 g/mol. The Balaban J connectivity index is 1.94. The molecule has 21 heavy (non-hydrogen) atoms.